The van der Waals surface area contributed by atoms with Crippen LogP contribution in [0.15, 0.2) is 71.6 Å². The predicted molar refractivity (Wildman–Crippen MR) is 120 cm³/mol. The number of nitriles is 1. The number of carbonyl (C=O) groups is 2. The third kappa shape index (κ3) is 6.18. The number of rotatable bonds is 7. The van der Waals surface area contributed by atoms with Gasteiger partial charge in [-0.25, -0.2) is 4.79 Å². The maximum Gasteiger partial charge on any atom is 0.339 e. The van der Waals surface area contributed by atoms with E-state index in [1.54, 1.807) is 50.2 Å². The fraction of sp³-hybridized carbons (Fsp3) is 0.125. The quantitative estimate of drug-likeness (QED) is 0.417. The van der Waals surface area contributed by atoms with Gasteiger partial charge in [-0.1, -0.05) is 12.1 Å². The largest absolute Gasteiger partial charge is 0.452 e. The molecule has 0 radical (unpaired) electrons. The van der Waals surface area contributed by atoms with Gasteiger partial charge in [0.15, 0.2) is 6.61 Å². The SMILES string of the molecule is Cc1ccc(C)c(S(=O)(=O)Oc2ccc(C(=O)OCC(=O)Nc3ccc(C#N)cc3)cc2)c1. The first kappa shape index (κ1) is 23.5. The van der Waals surface area contributed by atoms with E-state index in [-0.39, 0.29) is 16.2 Å². The number of aryl methyl sites for hydroxylation is 2. The molecular formula is C24H20N2O6S. The number of ether oxygens (including phenoxy) is 1. The zero-order chi connectivity index (χ0) is 24.0. The third-order valence-corrected chi connectivity index (χ3v) is 5.93. The second-order valence-corrected chi connectivity index (χ2v) is 8.66. The zero-order valence-corrected chi connectivity index (χ0v) is 18.7. The van der Waals surface area contributed by atoms with Gasteiger partial charge >= 0.3 is 16.1 Å². The Morgan fingerprint density at radius 3 is 2.27 bits per heavy atom. The highest BCUT2D eigenvalue weighted by Crippen LogP contribution is 2.23. The Balaban J connectivity index is 1.57. The second kappa shape index (κ2) is 9.97. The van der Waals surface area contributed by atoms with Gasteiger partial charge in [-0.3, -0.25) is 4.79 Å². The summed E-state index contributed by atoms with van der Waals surface area (Å²) in [6, 6.07) is 18.6. The Bertz CT molecular complexity index is 1320. The molecule has 9 heteroatoms. The van der Waals surface area contributed by atoms with Crippen LogP contribution in [0.5, 0.6) is 5.75 Å². The number of benzene rings is 3. The van der Waals surface area contributed by atoms with Gasteiger partial charge in [-0.2, -0.15) is 13.7 Å². The molecule has 168 valence electrons. The number of nitrogens with zero attached hydrogens (tertiary/aromatic N) is 1. The van der Waals surface area contributed by atoms with Crippen LogP contribution >= 0.6 is 0 Å². The van der Waals surface area contributed by atoms with Gasteiger partial charge in [0.05, 0.1) is 17.2 Å². The summed E-state index contributed by atoms with van der Waals surface area (Å²) in [6.07, 6.45) is 0. The van der Waals surface area contributed by atoms with Crippen molar-refractivity contribution in [2.24, 2.45) is 0 Å². The second-order valence-electron chi connectivity index (χ2n) is 7.14. The molecule has 0 aliphatic heterocycles. The third-order valence-electron chi connectivity index (χ3n) is 4.54. The minimum atomic E-state index is -4.04. The van der Waals surface area contributed by atoms with Gasteiger partial charge in [-0.05, 0) is 79.6 Å². The summed E-state index contributed by atoms with van der Waals surface area (Å²) in [5, 5.41) is 11.3. The molecular weight excluding hydrogens is 444 g/mol. The summed E-state index contributed by atoms with van der Waals surface area (Å²) in [4.78, 5) is 24.2. The average Bonchev–Trinajstić information content (AvgIpc) is 2.79. The Morgan fingerprint density at radius 2 is 1.64 bits per heavy atom. The van der Waals surface area contributed by atoms with Gasteiger partial charge in [-0.15, -0.1) is 0 Å². The van der Waals surface area contributed by atoms with Gasteiger partial charge < -0.3 is 14.2 Å². The minimum Gasteiger partial charge on any atom is -0.452 e. The molecule has 0 unspecified atom stereocenters. The van der Waals surface area contributed by atoms with Crippen molar-refractivity contribution in [3.05, 3.63) is 89.0 Å². The van der Waals surface area contributed by atoms with Gasteiger partial charge in [0.2, 0.25) is 0 Å². The van der Waals surface area contributed by atoms with E-state index >= 15 is 0 Å². The summed E-state index contributed by atoms with van der Waals surface area (Å²) in [5.74, 6) is -1.27. The van der Waals surface area contributed by atoms with E-state index in [4.69, 9.17) is 14.2 Å². The van der Waals surface area contributed by atoms with Crippen LogP contribution < -0.4 is 9.50 Å². The topological polar surface area (TPSA) is 123 Å². The molecule has 8 nitrogen and oxygen atoms in total. The summed E-state index contributed by atoms with van der Waals surface area (Å²) >= 11 is 0. The van der Waals surface area contributed by atoms with Crippen molar-refractivity contribution in [1.82, 2.24) is 0 Å². The molecule has 33 heavy (non-hydrogen) atoms. The molecule has 1 amide bonds. The van der Waals surface area contributed by atoms with Crippen LogP contribution in [0.2, 0.25) is 0 Å². The highest BCUT2D eigenvalue weighted by molar-refractivity contribution is 7.87. The highest BCUT2D eigenvalue weighted by Gasteiger charge is 2.20. The molecule has 0 heterocycles. The standard InChI is InChI=1S/C24H20N2O6S/c1-16-3-4-17(2)22(13-16)33(29,30)32-21-11-7-19(8-12-21)24(28)31-15-23(27)26-20-9-5-18(14-25)6-10-20/h3-13H,15H2,1-2H3,(H,26,27). The molecule has 0 atom stereocenters. The Labute approximate surface area is 191 Å². The van der Waals surface area contributed by atoms with Crippen molar-refractivity contribution in [2.75, 3.05) is 11.9 Å². The van der Waals surface area contributed by atoms with E-state index < -0.39 is 28.6 Å². The lowest BCUT2D eigenvalue weighted by Crippen LogP contribution is -2.20. The highest BCUT2D eigenvalue weighted by atomic mass is 32.2. The van der Waals surface area contributed by atoms with Gasteiger partial charge in [0.1, 0.15) is 10.6 Å². The molecule has 3 aromatic carbocycles. The number of hydrogen-bond acceptors (Lipinski definition) is 7. The van der Waals surface area contributed by atoms with Crippen LogP contribution in [0.4, 0.5) is 5.69 Å². The molecule has 0 saturated heterocycles. The van der Waals surface area contributed by atoms with Crippen molar-refractivity contribution in [3.63, 3.8) is 0 Å². The monoisotopic (exact) mass is 464 g/mol. The Hall–Kier alpha value is -4.16. The van der Waals surface area contributed by atoms with Crippen LogP contribution in [-0.2, 0) is 19.6 Å². The normalized spacial score (nSPS) is 10.7. The first-order valence-electron chi connectivity index (χ1n) is 9.77. The van der Waals surface area contributed by atoms with E-state index in [0.717, 1.165) is 5.56 Å². The number of hydrogen-bond donors (Lipinski definition) is 1. The fourth-order valence-electron chi connectivity index (χ4n) is 2.83. The van der Waals surface area contributed by atoms with E-state index in [0.29, 0.717) is 16.8 Å². The molecule has 3 aromatic rings. The first-order chi connectivity index (χ1) is 15.7. The Morgan fingerprint density at radius 1 is 0.970 bits per heavy atom. The lowest BCUT2D eigenvalue weighted by atomic mass is 10.2. The van der Waals surface area contributed by atoms with Crippen molar-refractivity contribution in [1.29, 1.82) is 5.26 Å². The van der Waals surface area contributed by atoms with Crippen LogP contribution in [0.3, 0.4) is 0 Å². The maximum absolute atomic E-state index is 12.6. The van der Waals surface area contributed by atoms with E-state index in [1.165, 1.54) is 30.3 Å². The van der Waals surface area contributed by atoms with Crippen molar-refractivity contribution in [2.45, 2.75) is 18.7 Å². The van der Waals surface area contributed by atoms with Crippen LogP contribution in [0.1, 0.15) is 27.0 Å². The molecule has 0 aliphatic rings. The summed E-state index contributed by atoms with van der Waals surface area (Å²) in [6.45, 7) is 2.94. The zero-order valence-electron chi connectivity index (χ0n) is 17.9. The minimum absolute atomic E-state index is 0.0333. The number of carbonyl (C=O) groups excluding carboxylic acids is 2. The van der Waals surface area contributed by atoms with Crippen molar-refractivity contribution in [3.8, 4) is 11.8 Å². The molecule has 0 bridgehead atoms. The molecule has 1 N–H and O–H groups in total. The van der Waals surface area contributed by atoms with E-state index in [2.05, 4.69) is 5.32 Å². The van der Waals surface area contributed by atoms with Gasteiger partial charge in [0.25, 0.3) is 5.91 Å². The van der Waals surface area contributed by atoms with Gasteiger partial charge in [0, 0.05) is 5.69 Å². The van der Waals surface area contributed by atoms with E-state index in [1.807, 2.05) is 6.07 Å². The number of esters is 1. The van der Waals surface area contributed by atoms with Crippen molar-refractivity contribution < 1.29 is 26.9 Å². The summed E-state index contributed by atoms with van der Waals surface area (Å²) < 4.78 is 35.3. The molecule has 0 saturated carbocycles. The van der Waals surface area contributed by atoms with E-state index in [9.17, 15) is 18.0 Å². The predicted octanol–water partition coefficient (Wildman–Crippen LogP) is 3.74. The molecule has 3 rings (SSSR count). The molecule has 0 aliphatic carbocycles. The molecule has 0 aromatic heterocycles. The number of nitrogens with one attached hydrogen (secondary N) is 1. The Kier molecular flexibility index (Phi) is 7.10. The molecule has 0 spiro atoms. The number of anilines is 1. The lowest BCUT2D eigenvalue weighted by molar-refractivity contribution is -0.119. The van der Waals surface area contributed by atoms with Crippen LogP contribution in [0, 0.1) is 25.2 Å². The van der Waals surface area contributed by atoms with Crippen molar-refractivity contribution >= 4 is 27.7 Å². The fourth-order valence-corrected chi connectivity index (χ4v) is 4.08. The average molecular weight is 464 g/mol. The first-order valence-corrected chi connectivity index (χ1v) is 11.2. The summed E-state index contributed by atoms with van der Waals surface area (Å²) in [7, 11) is -4.04. The maximum atomic E-state index is 12.6. The lowest BCUT2D eigenvalue weighted by Gasteiger charge is -2.10. The number of amides is 1. The smallest absolute Gasteiger partial charge is 0.339 e. The summed E-state index contributed by atoms with van der Waals surface area (Å²) in [5.41, 5.74) is 2.37. The molecule has 0 fully saturated rings. The van der Waals surface area contributed by atoms with Crippen LogP contribution in [-0.4, -0.2) is 26.9 Å². The van der Waals surface area contributed by atoms with Crippen LogP contribution in [0.25, 0.3) is 0 Å².